The summed E-state index contributed by atoms with van der Waals surface area (Å²) in [6.07, 6.45) is 0. The third kappa shape index (κ3) is 2.35. The first kappa shape index (κ1) is 13.4. The van der Waals surface area contributed by atoms with Crippen LogP contribution in [0.15, 0.2) is 6.07 Å². The van der Waals surface area contributed by atoms with E-state index in [-0.39, 0.29) is 28.9 Å². The maximum atomic E-state index is 11.0. The number of aromatic hydroxyl groups is 2. The van der Waals surface area contributed by atoms with Crippen LogP contribution in [-0.4, -0.2) is 21.3 Å². The number of carboxylic acids is 1. The number of carboxylic acid groups (broad SMARTS) is 1. The molecule has 0 aliphatic rings. The lowest BCUT2D eigenvalue weighted by Gasteiger charge is -2.20. The Balaban J connectivity index is 3.65. The normalized spacial score (nSPS) is 11.2. The molecule has 4 nitrogen and oxygen atoms in total. The monoisotopic (exact) mass is 238 g/mol. The zero-order valence-electron chi connectivity index (χ0n) is 10.5. The molecule has 0 spiro atoms. The van der Waals surface area contributed by atoms with E-state index in [9.17, 15) is 15.0 Å². The van der Waals surface area contributed by atoms with Crippen LogP contribution in [0, 0.1) is 0 Å². The molecule has 0 fully saturated rings. The van der Waals surface area contributed by atoms with Gasteiger partial charge in [-0.1, -0.05) is 27.7 Å². The van der Waals surface area contributed by atoms with Gasteiger partial charge in [0, 0.05) is 11.1 Å². The number of aromatic carboxylic acids is 1. The third-order valence-electron chi connectivity index (χ3n) is 2.74. The van der Waals surface area contributed by atoms with Crippen LogP contribution in [0.3, 0.4) is 0 Å². The van der Waals surface area contributed by atoms with E-state index in [0.717, 1.165) is 6.07 Å². The third-order valence-corrected chi connectivity index (χ3v) is 2.74. The first-order chi connectivity index (χ1) is 7.77. The van der Waals surface area contributed by atoms with E-state index < -0.39 is 5.97 Å². The van der Waals surface area contributed by atoms with Gasteiger partial charge in [-0.25, -0.2) is 4.79 Å². The van der Waals surface area contributed by atoms with Gasteiger partial charge in [0.05, 0.1) is 0 Å². The Kier molecular flexibility index (Phi) is 3.66. The van der Waals surface area contributed by atoms with Crippen molar-refractivity contribution in [3.05, 3.63) is 22.8 Å². The highest BCUT2D eigenvalue weighted by molar-refractivity contribution is 5.92. The Morgan fingerprint density at radius 3 is 1.88 bits per heavy atom. The topological polar surface area (TPSA) is 77.8 Å². The maximum Gasteiger partial charge on any atom is 0.339 e. The van der Waals surface area contributed by atoms with Crippen molar-refractivity contribution < 1.29 is 20.1 Å². The summed E-state index contributed by atoms with van der Waals surface area (Å²) in [5.41, 5.74) is 0.871. The van der Waals surface area contributed by atoms with E-state index in [4.69, 9.17) is 5.11 Å². The Morgan fingerprint density at radius 2 is 1.53 bits per heavy atom. The highest BCUT2D eigenvalue weighted by atomic mass is 16.4. The van der Waals surface area contributed by atoms with Crippen LogP contribution in [0.2, 0.25) is 0 Å². The number of phenols is 2. The van der Waals surface area contributed by atoms with Crippen LogP contribution in [-0.2, 0) is 0 Å². The van der Waals surface area contributed by atoms with Gasteiger partial charge in [0.25, 0.3) is 0 Å². The predicted octanol–water partition coefficient (Wildman–Crippen LogP) is 3.04. The summed E-state index contributed by atoms with van der Waals surface area (Å²) >= 11 is 0. The Bertz CT molecular complexity index is 447. The van der Waals surface area contributed by atoms with Crippen LogP contribution in [0.4, 0.5) is 0 Å². The van der Waals surface area contributed by atoms with Crippen LogP contribution < -0.4 is 0 Å². The number of phenolic OH excluding ortho intramolecular Hbond substituents is 1. The van der Waals surface area contributed by atoms with Crippen LogP contribution in [0.1, 0.15) is 61.0 Å². The van der Waals surface area contributed by atoms with E-state index >= 15 is 0 Å². The molecule has 0 amide bonds. The summed E-state index contributed by atoms with van der Waals surface area (Å²) in [7, 11) is 0. The molecular weight excluding hydrogens is 220 g/mol. The SMILES string of the molecule is CC(C)c1c(O)cc(C(=O)O)c(O)c1C(C)C. The number of hydrogen-bond donors (Lipinski definition) is 3. The average molecular weight is 238 g/mol. The van der Waals surface area contributed by atoms with Crippen LogP contribution in [0.5, 0.6) is 11.5 Å². The Morgan fingerprint density at radius 1 is 1.06 bits per heavy atom. The standard InChI is InChI=1S/C13H18O4/c1-6(2)10-9(14)5-8(13(16)17)12(15)11(10)7(3)4/h5-7,14-15H,1-4H3,(H,16,17). The lowest BCUT2D eigenvalue weighted by Crippen LogP contribution is -2.05. The minimum Gasteiger partial charge on any atom is -0.508 e. The quantitative estimate of drug-likeness (QED) is 0.707. The van der Waals surface area contributed by atoms with Crippen molar-refractivity contribution in [2.45, 2.75) is 39.5 Å². The molecule has 94 valence electrons. The first-order valence-electron chi connectivity index (χ1n) is 5.59. The molecular formula is C13H18O4. The zero-order valence-corrected chi connectivity index (χ0v) is 10.5. The minimum absolute atomic E-state index is 0.0149. The molecule has 0 saturated carbocycles. The van der Waals surface area contributed by atoms with E-state index in [1.54, 1.807) is 0 Å². The molecule has 0 aliphatic carbocycles. The fraction of sp³-hybridized carbons (Fsp3) is 0.462. The fourth-order valence-electron chi connectivity index (χ4n) is 2.05. The van der Waals surface area contributed by atoms with Crippen LogP contribution in [0.25, 0.3) is 0 Å². The molecule has 0 radical (unpaired) electrons. The molecule has 0 aliphatic heterocycles. The van der Waals surface area contributed by atoms with Gasteiger partial charge in [0.1, 0.15) is 17.1 Å². The van der Waals surface area contributed by atoms with Crippen molar-refractivity contribution >= 4 is 5.97 Å². The second-order valence-electron chi connectivity index (χ2n) is 4.73. The zero-order chi connectivity index (χ0) is 13.3. The number of carbonyl (C=O) groups is 1. The average Bonchev–Trinajstić information content (AvgIpc) is 2.18. The molecule has 1 aromatic rings. The van der Waals surface area contributed by atoms with E-state index in [1.165, 1.54) is 0 Å². The molecule has 4 heteroatoms. The van der Waals surface area contributed by atoms with Gasteiger partial charge in [-0.05, 0) is 17.9 Å². The summed E-state index contributed by atoms with van der Waals surface area (Å²) in [4.78, 5) is 11.0. The van der Waals surface area contributed by atoms with Gasteiger partial charge in [-0.15, -0.1) is 0 Å². The fourth-order valence-corrected chi connectivity index (χ4v) is 2.05. The van der Waals surface area contributed by atoms with Gasteiger partial charge < -0.3 is 15.3 Å². The second kappa shape index (κ2) is 4.65. The van der Waals surface area contributed by atoms with E-state index in [2.05, 4.69) is 0 Å². The van der Waals surface area contributed by atoms with E-state index in [1.807, 2.05) is 27.7 Å². The smallest absolute Gasteiger partial charge is 0.339 e. The summed E-state index contributed by atoms with van der Waals surface area (Å²) in [5, 5.41) is 28.8. The molecule has 0 bridgehead atoms. The molecule has 0 unspecified atom stereocenters. The molecule has 1 aromatic carbocycles. The number of hydrogen-bond acceptors (Lipinski definition) is 3. The van der Waals surface area contributed by atoms with Crippen molar-refractivity contribution in [3.63, 3.8) is 0 Å². The van der Waals surface area contributed by atoms with Crippen molar-refractivity contribution in [1.82, 2.24) is 0 Å². The van der Waals surface area contributed by atoms with Gasteiger partial charge in [0.2, 0.25) is 0 Å². The van der Waals surface area contributed by atoms with Gasteiger partial charge in [-0.2, -0.15) is 0 Å². The van der Waals surface area contributed by atoms with Crippen molar-refractivity contribution in [2.75, 3.05) is 0 Å². The highest BCUT2D eigenvalue weighted by Gasteiger charge is 2.24. The largest absolute Gasteiger partial charge is 0.508 e. The molecule has 1 rings (SSSR count). The highest BCUT2D eigenvalue weighted by Crippen LogP contribution is 2.41. The summed E-state index contributed by atoms with van der Waals surface area (Å²) in [6, 6.07) is 1.11. The molecule has 0 atom stereocenters. The minimum atomic E-state index is -1.24. The Labute approximate surface area is 101 Å². The van der Waals surface area contributed by atoms with Crippen molar-refractivity contribution in [1.29, 1.82) is 0 Å². The van der Waals surface area contributed by atoms with Crippen molar-refractivity contribution in [2.24, 2.45) is 0 Å². The molecule has 0 saturated heterocycles. The van der Waals surface area contributed by atoms with Gasteiger partial charge in [-0.3, -0.25) is 0 Å². The van der Waals surface area contributed by atoms with Gasteiger partial charge >= 0.3 is 5.97 Å². The lowest BCUT2D eigenvalue weighted by molar-refractivity contribution is 0.0693. The summed E-state index contributed by atoms with van der Waals surface area (Å²) in [5.74, 6) is -1.60. The summed E-state index contributed by atoms with van der Waals surface area (Å²) < 4.78 is 0. The van der Waals surface area contributed by atoms with E-state index in [0.29, 0.717) is 11.1 Å². The lowest BCUT2D eigenvalue weighted by atomic mass is 9.87. The first-order valence-corrected chi connectivity index (χ1v) is 5.59. The maximum absolute atomic E-state index is 11.0. The van der Waals surface area contributed by atoms with Crippen LogP contribution >= 0.6 is 0 Å². The molecule has 3 N–H and O–H groups in total. The molecule has 0 aromatic heterocycles. The number of benzene rings is 1. The molecule has 0 heterocycles. The molecule has 17 heavy (non-hydrogen) atoms. The van der Waals surface area contributed by atoms with Gasteiger partial charge in [0.15, 0.2) is 0 Å². The number of rotatable bonds is 3. The van der Waals surface area contributed by atoms with Crippen molar-refractivity contribution in [3.8, 4) is 11.5 Å². The summed E-state index contributed by atoms with van der Waals surface area (Å²) in [6.45, 7) is 7.49. The predicted molar refractivity (Wildman–Crippen MR) is 64.9 cm³/mol. The second-order valence-corrected chi connectivity index (χ2v) is 4.73. The Hall–Kier alpha value is -1.71.